The Hall–Kier alpha value is -2.98. The summed E-state index contributed by atoms with van der Waals surface area (Å²) < 4.78 is 27.5. The standard InChI is InChI=1S/C16H24O2.C14H20O3.C11H12O5/c1-4-16(18-15(17)10(2)3)13-6-11-5-12(8-13)9-14(16)7-11;1-8(2)13(15)17-12-10-3-9-4-11(12)7-14(16,5-9)6-10;1-4(2)10(12)15-8-6-3-5-7(14-6)9(8)16-11(5)13/h11-14H,2,4-9H2,1,3H3;9-12,16H,1,3-7H2,2H3;5-9H,1,3H2,2H3. The zero-order chi connectivity index (χ0) is 36.6. The van der Waals surface area contributed by atoms with Crippen molar-refractivity contribution in [1.29, 1.82) is 0 Å². The number of aliphatic hydroxyl groups is 1. The van der Waals surface area contributed by atoms with Crippen LogP contribution in [-0.4, -0.2) is 70.7 Å². The smallest absolute Gasteiger partial charge is 0.333 e. The Morgan fingerprint density at radius 2 is 1.25 bits per heavy atom. The topological polar surface area (TPSA) is 135 Å². The lowest BCUT2D eigenvalue weighted by molar-refractivity contribution is -0.207. The number of ether oxygens (including phenoxy) is 5. The third-order valence-electron chi connectivity index (χ3n) is 13.8. The molecule has 11 aliphatic rings. The van der Waals surface area contributed by atoms with E-state index in [9.17, 15) is 24.3 Å². The minimum atomic E-state index is -0.461. The lowest BCUT2D eigenvalue weighted by Crippen LogP contribution is -2.59. The van der Waals surface area contributed by atoms with Crippen molar-refractivity contribution in [2.24, 2.45) is 47.3 Å². The molecule has 7 unspecified atom stereocenters. The molecule has 10 heteroatoms. The minimum absolute atomic E-state index is 0.0241. The number of hydrogen-bond donors (Lipinski definition) is 1. The quantitative estimate of drug-likeness (QED) is 0.192. The fourth-order valence-corrected chi connectivity index (χ4v) is 12.0. The van der Waals surface area contributed by atoms with Crippen LogP contribution in [0.5, 0.6) is 0 Å². The molecule has 0 radical (unpaired) electrons. The van der Waals surface area contributed by atoms with Gasteiger partial charge >= 0.3 is 23.9 Å². The highest BCUT2D eigenvalue weighted by Crippen LogP contribution is 2.61. The largest absolute Gasteiger partial charge is 0.458 e. The SMILES string of the molecule is C=C(C)C(=O)OC1(CC)C2CC3CC(C2)CC1C3.C=C(C)C(=O)OC1C2CC3C(=O)OC1C3O2.C=C(C)C(=O)OC1C2CC3CC1CC(O)(C3)C2. The summed E-state index contributed by atoms with van der Waals surface area (Å²) in [4.78, 5) is 46.4. The molecule has 0 spiro atoms. The Kier molecular flexibility index (Phi) is 9.60. The Balaban J connectivity index is 0.000000120. The first-order valence-corrected chi connectivity index (χ1v) is 19.3. The van der Waals surface area contributed by atoms with Gasteiger partial charge in [0.2, 0.25) is 0 Å². The molecule has 280 valence electrons. The highest BCUT2D eigenvalue weighted by Gasteiger charge is 2.65. The first-order valence-electron chi connectivity index (χ1n) is 19.3. The fourth-order valence-electron chi connectivity index (χ4n) is 12.0. The van der Waals surface area contributed by atoms with Crippen LogP contribution in [-0.2, 0) is 42.9 Å². The minimum Gasteiger partial charge on any atom is -0.458 e. The maximum Gasteiger partial charge on any atom is 0.333 e. The molecule has 10 bridgehead atoms. The summed E-state index contributed by atoms with van der Waals surface area (Å²) in [5.41, 5.74) is 0.726. The van der Waals surface area contributed by atoms with E-state index in [1.807, 2.05) is 0 Å². The number of fused-ring (bicyclic) bond motifs is 1. The summed E-state index contributed by atoms with van der Waals surface area (Å²) in [6, 6.07) is 0. The molecule has 11 fully saturated rings. The summed E-state index contributed by atoms with van der Waals surface area (Å²) in [5.74, 6) is 3.15. The molecular weight excluding hydrogens is 652 g/mol. The van der Waals surface area contributed by atoms with Crippen molar-refractivity contribution in [3.63, 3.8) is 0 Å². The molecule has 11 rings (SSSR count). The van der Waals surface area contributed by atoms with E-state index in [2.05, 4.69) is 26.7 Å². The first-order chi connectivity index (χ1) is 24.1. The molecule has 51 heavy (non-hydrogen) atoms. The van der Waals surface area contributed by atoms with Gasteiger partial charge < -0.3 is 28.8 Å². The third-order valence-corrected chi connectivity index (χ3v) is 13.8. The monoisotopic (exact) mass is 708 g/mol. The van der Waals surface area contributed by atoms with E-state index in [4.69, 9.17) is 23.7 Å². The Morgan fingerprint density at radius 3 is 1.75 bits per heavy atom. The molecule has 7 atom stereocenters. The fraction of sp³-hybridized carbons (Fsp3) is 0.756. The molecule has 0 amide bonds. The molecular formula is C41H56O10. The second-order valence-electron chi connectivity index (χ2n) is 17.7. The zero-order valence-corrected chi connectivity index (χ0v) is 30.7. The number of carbonyl (C=O) groups excluding carboxylic acids is 4. The third kappa shape index (κ3) is 6.62. The molecule has 0 aromatic carbocycles. The van der Waals surface area contributed by atoms with Crippen LogP contribution in [0.2, 0.25) is 0 Å². The maximum absolute atomic E-state index is 12.0. The van der Waals surface area contributed by atoms with Crippen LogP contribution < -0.4 is 0 Å². The lowest BCUT2D eigenvalue weighted by atomic mass is 9.49. The highest BCUT2D eigenvalue weighted by atomic mass is 16.7. The van der Waals surface area contributed by atoms with Crippen LogP contribution in [0.25, 0.3) is 0 Å². The van der Waals surface area contributed by atoms with Gasteiger partial charge in [-0.25, -0.2) is 14.4 Å². The van der Waals surface area contributed by atoms with Gasteiger partial charge in [0.15, 0.2) is 12.2 Å². The van der Waals surface area contributed by atoms with Crippen molar-refractivity contribution >= 4 is 23.9 Å². The average molecular weight is 709 g/mol. The van der Waals surface area contributed by atoms with Crippen molar-refractivity contribution in [3.05, 3.63) is 36.5 Å². The number of rotatable bonds is 7. The molecule has 10 nitrogen and oxygen atoms in total. The lowest BCUT2D eigenvalue weighted by Gasteiger charge is -2.60. The van der Waals surface area contributed by atoms with E-state index in [1.54, 1.807) is 20.8 Å². The summed E-state index contributed by atoms with van der Waals surface area (Å²) >= 11 is 0. The van der Waals surface area contributed by atoms with Crippen molar-refractivity contribution in [2.45, 2.75) is 146 Å². The van der Waals surface area contributed by atoms with Crippen LogP contribution in [0.3, 0.4) is 0 Å². The van der Waals surface area contributed by atoms with Crippen LogP contribution >= 0.6 is 0 Å². The van der Waals surface area contributed by atoms with Crippen LogP contribution in [0.15, 0.2) is 36.5 Å². The predicted octanol–water partition coefficient (Wildman–Crippen LogP) is 5.94. The molecule has 0 aromatic rings. The summed E-state index contributed by atoms with van der Waals surface area (Å²) in [7, 11) is 0. The van der Waals surface area contributed by atoms with E-state index in [-0.39, 0.29) is 47.7 Å². The number of esters is 4. The maximum atomic E-state index is 12.0. The van der Waals surface area contributed by atoms with E-state index < -0.39 is 23.8 Å². The second kappa shape index (κ2) is 13.5. The van der Waals surface area contributed by atoms with Gasteiger partial charge in [-0.15, -0.1) is 0 Å². The average Bonchev–Trinajstić information content (AvgIpc) is 3.69. The van der Waals surface area contributed by atoms with E-state index in [1.165, 1.54) is 32.1 Å². The molecule has 8 aliphatic carbocycles. The van der Waals surface area contributed by atoms with Crippen molar-refractivity contribution in [2.75, 3.05) is 0 Å². The van der Waals surface area contributed by atoms with Crippen LogP contribution in [0.1, 0.15) is 105 Å². The Labute approximate surface area is 301 Å². The first kappa shape index (κ1) is 36.4. The van der Waals surface area contributed by atoms with Crippen molar-refractivity contribution in [1.82, 2.24) is 0 Å². The molecule has 3 aliphatic heterocycles. The van der Waals surface area contributed by atoms with Gasteiger partial charge in [0, 0.05) is 16.7 Å². The van der Waals surface area contributed by atoms with Gasteiger partial charge in [0.25, 0.3) is 0 Å². The van der Waals surface area contributed by atoms with Gasteiger partial charge in [-0.2, -0.15) is 0 Å². The summed E-state index contributed by atoms with van der Waals surface area (Å²) in [6.45, 7) is 18.1. The second-order valence-corrected chi connectivity index (χ2v) is 17.7. The van der Waals surface area contributed by atoms with E-state index in [0.717, 1.165) is 50.4 Å². The summed E-state index contributed by atoms with van der Waals surface area (Å²) in [5, 5.41) is 10.4. The van der Waals surface area contributed by atoms with E-state index in [0.29, 0.717) is 52.7 Å². The highest BCUT2D eigenvalue weighted by molar-refractivity contribution is 5.88. The van der Waals surface area contributed by atoms with Crippen LogP contribution in [0.4, 0.5) is 0 Å². The summed E-state index contributed by atoms with van der Waals surface area (Å²) in [6.07, 6.45) is 11.7. The number of carbonyl (C=O) groups is 4. The predicted molar refractivity (Wildman–Crippen MR) is 186 cm³/mol. The van der Waals surface area contributed by atoms with E-state index >= 15 is 0 Å². The van der Waals surface area contributed by atoms with Gasteiger partial charge in [-0.05, 0) is 139 Å². The molecule has 0 aromatic heterocycles. The Morgan fingerprint density at radius 1 is 0.725 bits per heavy atom. The van der Waals surface area contributed by atoms with Crippen molar-refractivity contribution in [3.8, 4) is 0 Å². The number of hydrogen-bond acceptors (Lipinski definition) is 10. The molecule has 3 heterocycles. The Bertz CT molecular complexity index is 1450. The molecule has 1 N–H and O–H groups in total. The van der Waals surface area contributed by atoms with Gasteiger partial charge in [0.1, 0.15) is 17.8 Å². The van der Waals surface area contributed by atoms with Gasteiger partial charge in [0.05, 0.1) is 17.6 Å². The van der Waals surface area contributed by atoms with Gasteiger partial charge in [-0.3, -0.25) is 4.79 Å². The zero-order valence-electron chi connectivity index (χ0n) is 30.7. The van der Waals surface area contributed by atoms with Gasteiger partial charge in [-0.1, -0.05) is 26.7 Å². The normalized spacial score (nSPS) is 45.1. The molecule has 3 saturated heterocycles. The van der Waals surface area contributed by atoms with Crippen LogP contribution in [0, 0.1) is 47.3 Å². The van der Waals surface area contributed by atoms with Crippen molar-refractivity contribution < 1.29 is 48.0 Å². The molecule has 8 saturated carbocycles.